The van der Waals surface area contributed by atoms with Gasteiger partial charge in [-0.1, -0.05) is 30.3 Å². The van der Waals surface area contributed by atoms with Gasteiger partial charge in [0.15, 0.2) is 0 Å². The maximum atomic E-state index is 13.9. The molecule has 7 heteroatoms. The number of ketones is 2. The van der Waals surface area contributed by atoms with Crippen molar-refractivity contribution in [3.05, 3.63) is 82.6 Å². The Morgan fingerprint density at radius 1 is 0.929 bits per heavy atom. The van der Waals surface area contributed by atoms with E-state index in [1.807, 2.05) is 30.3 Å². The smallest absolute Gasteiger partial charge is 0.238 e. The fourth-order valence-corrected chi connectivity index (χ4v) is 4.11. The lowest BCUT2D eigenvalue weighted by atomic mass is 10.1. The molecule has 0 N–H and O–H groups in total. The van der Waals surface area contributed by atoms with Crippen LogP contribution in [0.4, 0.5) is 8.78 Å². The van der Waals surface area contributed by atoms with Crippen molar-refractivity contribution in [1.82, 2.24) is 4.98 Å². The third kappa shape index (κ3) is 2.44. The fraction of sp³-hybridized carbons (Fsp3) is 0. The molecule has 0 atom stereocenters. The number of rotatable bonds is 2. The summed E-state index contributed by atoms with van der Waals surface area (Å²) in [5, 5.41) is 0.776. The Bertz CT molecular complexity index is 1240. The minimum absolute atomic E-state index is 0.221. The number of nitrogens with zero attached hydrogens (tertiary/aromatic N) is 1. The summed E-state index contributed by atoms with van der Waals surface area (Å²) in [6.45, 7) is 0. The number of benzene rings is 2. The third-order valence-corrected chi connectivity index (χ3v) is 5.50. The number of hydrogen-bond donors (Lipinski definition) is 0. The minimum Gasteiger partial charge on any atom is -0.437 e. The van der Waals surface area contributed by atoms with Crippen LogP contribution in [0.15, 0.2) is 58.5 Å². The van der Waals surface area contributed by atoms with Crippen LogP contribution in [0, 0.1) is 11.6 Å². The highest BCUT2D eigenvalue weighted by atomic mass is 32.1. The van der Waals surface area contributed by atoms with E-state index in [1.165, 1.54) is 17.4 Å². The molecule has 0 fully saturated rings. The van der Waals surface area contributed by atoms with Crippen molar-refractivity contribution >= 4 is 39.4 Å². The van der Waals surface area contributed by atoms with E-state index in [1.54, 1.807) is 6.07 Å². The first kappa shape index (κ1) is 16.7. The van der Waals surface area contributed by atoms with Gasteiger partial charge in [-0.2, -0.15) is 0 Å². The molecule has 2 aromatic heterocycles. The van der Waals surface area contributed by atoms with E-state index in [4.69, 9.17) is 4.42 Å². The highest BCUT2D eigenvalue weighted by Gasteiger charge is 2.38. The zero-order valence-corrected chi connectivity index (χ0v) is 14.8. The number of halogens is 2. The van der Waals surface area contributed by atoms with Crippen LogP contribution in [0.1, 0.15) is 26.5 Å². The Hall–Kier alpha value is -3.45. The standard InChI is InChI=1S/C21H9F2NO3S/c22-13-6-7-14(23)17-16(13)18(25)12(19(17)26)8-11-9-15-20(27-11)24-21(28-15)10-4-2-1-3-5-10/h1-9H. The van der Waals surface area contributed by atoms with E-state index < -0.39 is 34.3 Å². The summed E-state index contributed by atoms with van der Waals surface area (Å²) < 4.78 is 34.2. The van der Waals surface area contributed by atoms with Crippen LogP contribution in [-0.4, -0.2) is 16.6 Å². The molecule has 0 bridgehead atoms. The highest BCUT2D eigenvalue weighted by Crippen LogP contribution is 2.35. The van der Waals surface area contributed by atoms with Crippen molar-refractivity contribution in [3.63, 3.8) is 0 Å². The first-order chi connectivity index (χ1) is 13.5. The van der Waals surface area contributed by atoms with Crippen LogP contribution in [-0.2, 0) is 0 Å². The summed E-state index contributed by atoms with van der Waals surface area (Å²) in [5.41, 5.74) is -0.0864. The number of carbonyl (C=O) groups excluding carboxylic acids is 2. The molecule has 0 unspecified atom stereocenters. The van der Waals surface area contributed by atoms with Gasteiger partial charge in [0.25, 0.3) is 0 Å². The largest absolute Gasteiger partial charge is 0.437 e. The average Bonchev–Trinajstić information content (AvgIpc) is 3.32. The van der Waals surface area contributed by atoms with Crippen LogP contribution in [0.5, 0.6) is 0 Å². The molecule has 4 nitrogen and oxygen atoms in total. The van der Waals surface area contributed by atoms with Gasteiger partial charge in [0.2, 0.25) is 17.3 Å². The second kappa shape index (κ2) is 6.03. The number of thiazole rings is 1. The van der Waals surface area contributed by atoms with Gasteiger partial charge in [-0.3, -0.25) is 9.59 Å². The molecule has 0 amide bonds. The van der Waals surface area contributed by atoms with Crippen molar-refractivity contribution in [2.24, 2.45) is 0 Å². The lowest BCUT2D eigenvalue weighted by molar-refractivity contribution is 0.0988. The molecule has 2 heterocycles. The summed E-state index contributed by atoms with van der Waals surface area (Å²) in [6, 6.07) is 12.9. The van der Waals surface area contributed by atoms with Crippen molar-refractivity contribution < 1.29 is 22.8 Å². The molecule has 1 aliphatic rings. The first-order valence-corrected chi connectivity index (χ1v) is 9.09. The van der Waals surface area contributed by atoms with E-state index in [9.17, 15) is 18.4 Å². The number of fused-ring (bicyclic) bond motifs is 2. The van der Waals surface area contributed by atoms with Gasteiger partial charge in [0.1, 0.15) is 22.4 Å². The Kier molecular flexibility index (Phi) is 3.60. The van der Waals surface area contributed by atoms with E-state index >= 15 is 0 Å². The Labute approximate surface area is 160 Å². The van der Waals surface area contributed by atoms with Gasteiger partial charge in [0.05, 0.1) is 21.4 Å². The molecule has 0 spiro atoms. The predicted molar refractivity (Wildman–Crippen MR) is 100 cm³/mol. The minimum atomic E-state index is -0.923. The summed E-state index contributed by atoms with van der Waals surface area (Å²) in [5.74, 6) is -3.33. The number of carbonyl (C=O) groups is 2. The second-order valence-electron chi connectivity index (χ2n) is 6.20. The van der Waals surface area contributed by atoms with Crippen LogP contribution in [0.25, 0.3) is 27.1 Å². The molecular weight excluding hydrogens is 384 g/mol. The number of Topliss-reactive ketones (excluding diaryl/α,β-unsaturated/α-hetero) is 2. The fourth-order valence-electron chi connectivity index (χ4n) is 3.17. The Morgan fingerprint density at radius 3 is 2.18 bits per heavy atom. The van der Waals surface area contributed by atoms with Gasteiger partial charge in [-0.15, -0.1) is 11.3 Å². The van der Waals surface area contributed by atoms with Gasteiger partial charge < -0.3 is 4.42 Å². The topological polar surface area (TPSA) is 60.2 Å². The highest BCUT2D eigenvalue weighted by molar-refractivity contribution is 7.21. The maximum absolute atomic E-state index is 13.9. The molecular formula is C21H9F2NO3S. The van der Waals surface area contributed by atoms with Crippen molar-refractivity contribution in [3.8, 4) is 10.6 Å². The van der Waals surface area contributed by atoms with Crippen LogP contribution < -0.4 is 0 Å². The quantitative estimate of drug-likeness (QED) is 0.343. The van der Waals surface area contributed by atoms with E-state index in [-0.39, 0.29) is 11.3 Å². The molecule has 2 aromatic carbocycles. The lowest BCUT2D eigenvalue weighted by Crippen LogP contribution is -2.00. The van der Waals surface area contributed by atoms with Crippen molar-refractivity contribution in [2.45, 2.75) is 0 Å². The molecule has 0 aliphatic heterocycles. The van der Waals surface area contributed by atoms with Crippen molar-refractivity contribution in [1.29, 1.82) is 0 Å². The summed E-state index contributed by atoms with van der Waals surface area (Å²) in [4.78, 5) is 29.3. The van der Waals surface area contributed by atoms with Gasteiger partial charge in [0, 0.05) is 11.6 Å². The second-order valence-corrected chi connectivity index (χ2v) is 7.23. The third-order valence-electron chi connectivity index (χ3n) is 4.46. The number of aromatic nitrogens is 1. The SMILES string of the molecule is O=C1C(=Cc2cc3sc(-c4ccccc4)nc3o2)C(=O)c2c(F)ccc(F)c21. The van der Waals surface area contributed by atoms with Crippen LogP contribution >= 0.6 is 11.3 Å². The van der Waals surface area contributed by atoms with Crippen LogP contribution in [0.3, 0.4) is 0 Å². The molecule has 136 valence electrons. The average molecular weight is 393 g/mol. The zero-order valence-electron chi connectivity index (χ0n) is 14.0. The molecule has 0 radical (unpaired) electrons. The van der Waals surface area contributed by atoms with Gasteiger partial charge >= 0.3 is 0 Å². The van der Waals surface area contributed by atoms with E-state index in [0.29, 0.717) is 5.71 Å². The Morgan fingerprint density at radius 2 is 1.57 bits per heavy atom. The Balaban J connectivity index is 1.55. The lowest BCUT2D eigenvalue weighted by Gasteiger charge is -1.97. The molecule has 0 saturated carbocycles. The first-order valence-electron chi connectivity index (χ1n) is 8.28. The zero-order chi connectivity index (χ0) is 19.4. The number of hydrogen-bond acceptors (Lipinski definition) is 5. The van der Waals surface area contributed by atoms with Gasteiger partial charge in [-0.25, -0.2) is 13.8 Å². The van der Waals surface area contributed by atoms with Gasteiger partial charge in [-0.05, 0) is 18.2 Å². The summed E-state index contributed by atoms with van der Waals surface area (Å²) in [7, 11) is 0. The van der Waals surface area contributed by atoms with E-state index in [0.717, 1.165) is 27.4 Å². The molecule has 4 aromatic rings. The van der Waals surface area contributed by atoms with Crippen LogP contribution in [0.2, 0.25) is 0 Å². The predicted octanol–water partition coefficient (Wildman–Crippen LogP) is 5.30. The monoisotopic (exact) mass is 393 g/mol. The molecule has 0 saturated heterocycles. The number of furan rings is 1. The number of allylic oxidation sites excluding steroid dienone is 1. The molecule has 28 heavy (non-hydrogen) atoms. The van der Waals surface area contributed by atoms with Crippen molar-refractivity contribution in [2.75, 3.05) is 0 Å². The summed E-state index contributed by atoms with van der Waals surface area (Å²) in [6.07, 6.45) is 1.21. The van der Waals surface area contributed by atoms with E-state index in [2.05, 4.69) is 4.98 Å². The normalized spacial score (nSPS) is 13.4. The molecule has 1 aliphatic carbocycles. The molecule has 5 rings (SSSR count). The summed E-state index contributed by atoms with van der Waals surface area (Å²) >= 11 is 1.40. The maximum Gasteiger partial charge on any atom is 0.238 e.